The molecule has 1 aromatic carbocycles. The van der Waals surface area contributed by atoms with E-state index in [-0.39, 0.29) is 5.91 Å². The summed E-state index contributed by atoms with van der Waals surface area (Å²) in [5.74, 6) is 1.44. The average Bonchev–Trinajstić information content (AvgIpc) is 2.46. The molecule has 2 aliphatic heterocycles. The van der Waals surface area contributed by atoms with Crippen molar-refractivity contribution >= 4 is 5.91 Å². The van der Waals surface area contributed by atoms with Gasteiger partial charge < -0.3 is 14.4 Å². The lowest BCUT2D eigenvalue weighted by molar-refractivity contribution is -0.144. The standard InChI is InChI=1S/C15H19NO3/c1-11-6-4-5-9-16(11)15(17)14-10-18-12-7-2-3-8-13(12)19-14/h2-3,7-8,11,14H,4-6,9-10H2,1H3/t11-,14-/m1/s1. The molecule has 19 heavy (non-hydrogen) atoms. The largest absolute Gasteiger partial charge is 0.485 e. The van der Waals surface area contributed by atoms with Crippen LogP contribution in [-0.2, 0) is 4.79 Å². The van der Waals surface area contributed by atoms with Crippen LogP contribution in [0.1, 0.15) is 26.2 Å². The normalized spacial score (nSPS) is 26.1. The number of carbonyl (C=O) groups excluding carboxylic acids is 1. The minimum atomic E-state index is -0.504. The molecule has 0 spiro atoms. The smallest absolute Gasteiger partial charge is 0.267 e. The van der Waals surface area contributed by atoms with Crippen LogP contribution in [0.15, 0.2) is 24.3 Å². The third-order valence-electron chi connectivity index (χ3n) is 3.87. The molecule has 4 nitrogen and oxygen atoms in total. The molecule has 102 valence electrons. The Kier molecular flexibility index (Phi) is 3.32. The Labute approximate surface area is 113 Å². The Balaban J connectivity index is 1.72. The van der Waals surface area contributed by atoms with Crippen molar-refractivity contribution in [2.75, 3.05) is 13.2 Å². The van der Waals surface area contributed by atoms with E-state index in [0.29, 0.717) is 18.4 Å². The van der Waals surface area contributed by atoms with E-state index < -0.39 is 6.10 Å². The van der Waals surface area contributed by atoms with E-state index >= 15 is 0 Å². The van der Waals surface area contributed by atoms with Crippen LogP contribution in [0.5, 0.6) is 11.5 Å². The molecule has 2 heterocycles. The highest BCUT2D eigenvalue weighted by atomic mass is 16.6. The Bertz CT molecular complexity index is 474. The quantitative estimate of drug-likeness (QED) is 0.778. The molecule has 1 aromatic rings. The number of carbonyl (C=O) groups is 1. The number of benzene rings is 1. The van der Waals surface area contributed by atoms with Crippen LogP contribution < -0.4 is 9.47 Å². The molecule has 2 atom stereocenters. The maximum Gasteiger partial charge on any atom is 0.267 e. The molecule has 2 aliphatic rings. The fraction of sp³-hybridized carbons (Fsp3) is 0.533. The SMILES string of the molecule is C[C@@H]1CCCCN1C(=O)[C@H]1COc2ccccc2O1. The molecule has 0 saturated carbocycles. The van der Waals surface area contributed by atoms with Crippen LogP contribution in [0.3, 0.4) is 0 Å². The topological polar surface area (TPSA) is 38.8 Å². The van der Waals surface area contributed by atoms with Crippen molar-refractivity contribution in [1.82, 2.24) is 4.90 Å². The lowest BCUT2D eigenvalue weighted by atomic mass is 10.0. The highest BCUT2D eigenvalue weighted by Gasteiger charge is 2.33. The van der Waals surface area contributed by atoms with Crippen molar-refractivity contribution < 1.29 is 14.3 Å². The number of ether oxygens (including phenoxy) is 2. The zero-order valence-electron chi connectivity index (χ0n) is 11.2. The summed E-state index contributed by atoms with van der Waals surface area (Å²) in [4.78, 5) is 14.4. The summed E-state index contributed by atoms with van der Waals surface area (Å²) >= 11 is 0. The van der Waals surface area contributed by atoms with Crippen LogP contribution in [0, 0.1) is 0 Å². The number of nitrogens with zero attached hydrogens (tertiary/aromatic N) is 1. The second-order valence-corrected chi connectivity index (χ2v) is 5.24. The van der Waals surface area contributed by atoms with E-state index in [4.69, 9.17) is 9.47 Å². The van der Waals surface area contributed by atoms with Gasteiger partial charge in [0.1, 0.15) is 6.61 Å². The summed E-state index contributed by atoms with van der Waals surface area (Å²) in [5, 5.41) is 0. The summed E-state index contributed by atoms with van der Waals surface area (Å²) in [5.41, 5.74) is 0. The highest BCUT2D eigenvalue weighted by Crippen LogP contribution is 2.31. The molecule has 0 N–H and O–H groups in total. The highest BCUT2D eigenvalue weighted by molar-refractivity contribution is 5.82. The number of hydrogen-bond donors (Lipinski definition) is 0. The molecule has 1 amide bonds. The minimum Gasteiger partial charge on any atom is -0.485 e. The third-order valence-corrected chi connectivity index (χ3v) is 3.87. The maximum absolute atomic E-state index is 12.5. The number of fused-ring (bicyclic) bond motifs is 1. The minimum absolute atomic E-state index is 0.0571. The summed E-state index contributed by atoms with van der Waals surface area (Å²) in [7, 11) is 0. The Hall–Kier alpha value is -1.71. The second kappa shape index (κ2) is 5.11. The van der Waals surface area contributed by atoms with E-state index in [2.05, 4.69) is 6.92 Å². The van der Waals surface area contributed by atoms with E-state index in [1.54, 1.807) is 0 Å². The Morgan fingerprint density at radius 1 is 1.26 bits per heavy atom. The zero-order valence-corrected chi connectivity index (χ0v) is 11.2. The average molecular weight is 261 g/mol. The Morgan fingerprint density at radius 2 is 2.05 bits per heavy atom. The van der Waals surface area contributed by atoms with Gasteiger partial charge in [0.05, 0.1) is 0 Å². The van der Waals surface area contributed by atoms with Gasteiger partial charge in [-0.15, -0.1) is 0 Å². The molecular weight excluding hydrogens is 242 g/mol. The summed E-state index contributed by atoms with van der Waals surface area (Å²) < 4.78 is 11.4. The number of piperidine rings is 1. The molecule has 0 aromatic heterocycles. The van der Waals surface area contributed by atoms with E-state index in [9.17, 15) is 4.79 Å². The van der Waals surface area contributed by atoms with Gasteiger partial charge in [-0.3, -0.25) is 4.79 Å². The van der Waals surface area contributed by atoms with Crippen LogP contribution in [-0.4, -0.2) is 36.1 Å². The molecule has 1 saturated heterocycles. The predicted molar refractivity (Wildman–Crippen MR) is 71.4 cm³/mol. The molecule has 1 fully saturated rings. The van der Waals surface area contributed by atoms with Gasteiger partial charge >= 0.3 is 0 Å². The van der Waals surface area contributed by atoms with E-state index in [1.807, 2.05) is 29.2 Å². The number of likely N-dealkylation sites (tertiary alicyclic amines) is 1. The van der Waals surface area contributed by atoms with Gasteiger partial charge in [-0.1, -0.05) is 12.1 Å². The Morgan fingerprint density at radius 3 is 2.84 bits per heavy atom. The van der Waals surface area contributed by atoms with Crippen molar-refractivity contribution in [2.24, 2.45) is 0 Å². The number of rotatable bonds is 1. The molecule has 4 heteroatoms. The van der Waals surface area contributed by atoms with Crippen molar-refractivity contribution in [3.05, 3.63) is 24.3 Å². The van der Waals surface area contributed by atoms with E-state index in [1.165, 1.54) is 6.42 Å². The van der Waals surface area contributed by atoms with Crippen LogP contribution in [0.2, 0.25) is 0 Å². The van der Waals surface area contributed by atoms with Gasteiger partial charge in [0.25, 0.3) is 5.91 Å². The third kappa shape index (κ3) is 2.39. The molecule has 0 unspecified atom stereocenters. The first-order valence-corrected chi connectivity index (χ1v) is 6.94. The van der Waals surface area contributed by atoms with Gasteiger partial charge in [0, 0.05) is 12.6 Å². The van der Waals surface area contributed by atoms with Crippen LogP contribution in [0.4, 0.5) is 0 Å². The van der Waals surface area contributed by atoms with Crippen LogP contribution >= 0.6 is 0 Å². The first-order valence-electron chi connectivity index (χ1n) is 6.94. The fourth-order valence-corrected chi connectivity index (χ4v) is 2.75. The monoisotopic (exact) mass is 261 g/mol. The molecule has 0 aliphatic carbocycles. The van der Waals surface area contributed by atoms with Crippen molar-refractivity contribution in [3.8, 4) is 11.5 Å². The lowest BCUT2D eigenvalue weighted by Crippen LogP contribution is -2.51. The van der Waals surface area contributed by atoms with Gasteiger partial charge in [-0.25, -0.2) is 0 Å². The maximum atomic E-state index is 12.5. The number of para-hydroxylation sites is 2. The van der Waals surface area contributed by atoms with Crippen molar-refractivity contribution in [1.29, 1.82) is 0 Å². The van der Waals surface area contributed by atoms with Gasteiger partial charge in [-0.2, -0.15) is 0 Å². The van der Waals surface area contributed by atoms with Crippen molar-refractivity contribution in [3.63, 3.8) is 0 Å². The first kappa shape index (κ1) is 12.3. The lowest BCUT2D eigenvalue weighted by Gasteiger charge is -2.36. The number of hydrogen-bond acceptors (Lipinski definition) is 3. The van der Waals surface area contributed by atoms with Gasteiger partial charge in [0.15, 0.2) is 11.5 Å². The van der Waals surface area contributed by atoms with Crippen molar-refractivity contribution in [2.45, 2.75) is 38.3 Å². The second-order valence-electron chi connectivity index (χ2n) is 5.24. The molecular formula is C15H19NO3. The summed E-state index contributed by atoms with van der Waals surface area (Å²) in [6, 6.07) is 7.80. The molecule has 0 radical (unpaired) electrons. The first-order chi connectivity index (χ1) is 9.25. The van der Waals surface area contributed by atoms with Gasteiger partial charge in [0.2, 0.25) is 6.10 Å². The molecule has 3 rings (SSSR count). The fourth-order valence-electron chi connectivity index (χ4n) is 2.75. The zero-order chi connectivity index (χ0) is 13.2. The summed E-state index contributed by atoms with van der Waals surface area (Å²) in [6.45, 7) is 3.25. The molecule has 0 bridgehead atoms. The van der Waals surface area contributed by atoms with Crippen LogP contribution in [0.25, 0.3) is 0 Å². The van der Waals surface area contributed by atoms with E-state index in [0.717, 1.165) is 25.1 Å². The summed E-state index contributed by atoms with van der Waals surface area (Å²) in [6.07, 6.45) is 2.86. The predicted octanol–water partition coefficient (Wildman–Crippen LogP) is 2.23. The van der Waals surface area contributed by atoms with Gasteiger partial charge in [-0.05, 0) is 38.3 Å². The number of amides is 1.